The predicted octanol–water partition coefficient (Wildman–Crippen LogP) is 4.04. The summed E-state index contributed by atoms with van der Waals surface area (Å²) >= 11 is 1.63. The molecule has 1 aromatic heterocycles. The summed E-state index contributed by atoms with van der Waals surface area (Å²) in [6.45, 7) is 2.14. The van der Waals surface area contributed by atoms with Gasteiger partial charge in [-0.3, -0.25) is 4.57 Å². The number of ether oxygens (including phenoxy) is 1. The van der Waals surface area contributed by atoms with Gasteiger partial charge < -0.3 is 9.64 Å². The number of benzene rings is 1. The second-order valence-corrected chi connectivity index (χ2v) is 7.63. The third-order valence-corrected chi connectivity index (χ3v) is 5.80. The summed E-state index contributed by atoms with van der Waals surface area (Å²) in [4.78, 5) is 2.37. The molecule has 2 aromatic rings. The summed E-state index contributed by atoms with van der Waals surface area (Å²) in [5, 5.41) is 9.87. The third kappa shape index (κ3) is 3.61. The molecule has 2 heterocycles. The minimum atomic E-state index is -0.321. The van der Waals surface area contributed by atoms with E-state index in [9.17, 15) is 4.39 Å². The summed E-state index contributed by atoms with van der Waals surface area (Å²) < 4.78 is 21.1. The largest absolute Gasteiger partial charge is 0.494 e. The van der Waals surface area contributed by atoms with Crippen molar-refractivity contribution in [3.05, 3.63) is 29.6 Å². The van der Waals surface area contributed by atoms with Gasteiger partial charge >= 0.3 is 0 Å². The SMILES string of the molecule is COc1ccc(CSc2nnc(N3CCCCC3)n2C2CC2)cc1F. The fraction of sp³-hybridized carbons (Fsp3) is 0.556. The van der Waals surface area contributed by atoms with E-state index in [4.69, 9.17) is 4.74 Å². The Morgan fingerprint density at radius 3 is 2.68 bits per heavy atom. The minimum Gasteiger partial charge on any atom is -0.494 e. The van der Waals surface area contributed by atoms with Gasteiger partial charge in [0, 0.05) is 24.9 Å². The zero-order chi connectivity index (χ0) is 17.2. The maximum absolute atomic E-state index is 13.9. The van der Waals surface area contributed by atoms with Crippen molar-refractivity contribution in [2.75, 3.05) is 25.1 Å². The van der Waals surface area contributed by atoms with Crippen LogP contribution in [-0.4, -0.2) is 35.0 Å². The van der Waals surface area contributed by atoms with Gasteiger partial charge in [0.05, 0.1) is 7.11 Å². The van der Waals surface area contributed by atoms with E-state index < -0.39 is 0 Å². The number of hydrogen-bond donors (Lipinski definition) is 0. The summed E-state index contributed by atoms with van der Waals surface area (Å²) in [6, 6.07) is 5.64. The third-order valence-electron chi connectivity index (χ3n) is 4.78. The van der Waals surface area contributed by atoms with Gasteiger partial charge in [0.1, 0.15) is 0 Å². The quantitative estimate of drug-likeness (QED) is 0.726. The van der Waals surface area contributed by atoms with Crippen LogP contribution in [0.5, 0.6) is 5.75 Å². The fourth-order valence-corrected chi connectivity index (χ4v) is 4.22. The highest BCUT2D eigenvalue weighted by molar-refractivity contribution is 7.98. The lowest BCUT2D eigenvalue weighted by atomic mass is 10.1. The summed E-state index contributed by atoms with van der Waals surface area (Å²) in [6.07, 6.45) is 6.15. The minimum absolute atomic E-state index is 0.280. The first-order valence-electron chi connectivity index (χ1n) is 8.91. The Balaban J connectivity index is 1.50. The van der Waals surface area contributed by atoms with E-state index >= 15 is 0 Å². The highest BCUT2D eigenvalue weighted by Gasteiger charge is 2.32. The topological polar surface area (TPSA) is 43.2 Å². The van der Waals surface area contributed by atoms with Crippen molar-refractivity contribution in [3.8, 4) is 5.75 Å². The normalized spacial score (nSPS) is 17.8. The van der Waals surface area contributed by atoms with Crippen molar-refractivity contribution in [3.63, 3.8) is 0 Å². The number of nitrogens with zero attached hydrogens (tertiary/aromatic N) is 4. The molecule has 134 valence electrons. The number of aromatic nitrogens is 3. The Bertz CT molecular complexity index is 741. The van der Waals surface area contributed by atoms with Crippen molar-refractivity contribution in [1.29, 1.82) is 0 Å². The van der Waals surface area contributed by atoms with E-state index in [-0.39, 0.29) is 11.6 Å². The Kier molecular flexibility index (Phi) is 4.83. The Morgan fingerprint density at radius 1 is 1.20 bits per heavy atom. The van der Waals surface area contributed by atoms with E-state index in [0.29, 0.717) is 11.8 Å². The van der Waals surface area contributed by atoms with Gasteiger partial charge in [-0.15, -0.1) is 10.2 Å². The molecule has 1 saturated heterocycles. The van der Waals surface area contributed by atoms with E-state index in [2.05, 4.69) is 19.7 Å². The van der Waals surface area contributed by atoms with Crippen molar-refractivity contribution < 1.29 is 9.13 Å². The molecule has 0 bridgehead atoms. The van der Waals surface area contributed by atoms with Crippen molar-refractivity contribution >= 4 is 17.7 Å². The smallest absolute Gasteiger partial charge is 0.228 e. The van der Waals surface area contributed by atoms with Crippen LogP contribution in [-0.2, 0) is 5.75 Å². The van der Waals surface area contributed by atoms with Gasteiger partial charge in [0.15, 0.2) is 16.7 Å². The van der Waals surface area contributed by atoms with Crippen LogP contribution in [0.15, 0.2) is 23.4 Å². The zero-order valence-corrected chi connectivity index (χ0v) is 15.3. The molecule has 0 unspecified atom stereocenters. The molecular formula is C18H23FN4OS. The summed E-state index contributed by atoms with van der Waals surface area (Å²) in [5.74, 6) is 1.65. The van der Waals surface area contributed by atoms with E-state index in [0.717, 1.165) is 29.8 Å². The molecule has 0 spiro atoms. The Labute approximate surface area is 151 Å². The lowest BCUT2D eigenvalue weighted by Crippen LogP contribution is -2.31. The lowest BCUT2D eigenvalue weighted by Gasteiger charge is -2.27. The summed E-state index contributed by atoms with van der Waals surface area (Å²) in [7, 11) is 1.48. The van der Waals surface area contributed by atoms with Crippen molar-refractivity contribution in [2.45, 2.75) is 49.1 Å². The van der Waals surface area contributed by atoms with Crippen LogP contribution >= 0.6 is 11.8 Å². The maximum Gasteiger partial charge on any atom is 0.228 e. The van der Waals surface area contributed by atoms with Crippen LogP contribution in [0.3, 0.4) is 0 Å². The van der Waals surface area contributed by atoms with Crippen molar-refractivity contribution in [2.24, 2.45) is 0 Å². The molecule has 2 aliphatic rings. The number of hydrogen-bond acceptors (Lipinski definition) is 5. The van der Waals surface area contributed by atoms with Gasteiger partial charge in [-0.25, -0.2) is 4.39 Å². The fourth-order valence-electron chi connectivity index (χ4n) is 3.28. The average molecular weight is 362 g/mol. The monoisotopic (exact) mass is 362 g/mol. The molecule has 25 heavy (non-hydrogen) atoms. The number of anilines is 1. The lowest BCUT2D eigenvalue weighted by molar-refractivity contribution is 0.386. The number of methoxy groups -OCH3 is 1. The second kappa shape index (κ2) is 7.23. The van der Waals surface area contributed by atoms with Crippen LogP contribution < -0.4 is 9.64 Å². The van der Waals surface area contributed by atoms with Crippen LogP contribution in [0.25, 0.3) is 0 Å². The van der Waals surface area contributed by atoms with Crippen LogP contribution in [0.2, 0.25) is 0 Å². The average Bonchev–Trinajstić information content (AvgIpc) is 3.40. The second-order valence-electron chi connectivity index (χ2n) is 6.69. The van der Waals surface area contributed by atoms with E-state index in [1.54, 1.807) is 17.8 Å². The molecule has 0 amide bonds. The number of rotatable bonds is 6. The molecule has 1 saturated carbocycles. The van der Waals surface area contributed by atoms with Crippen molar-refractivity contribution in [1.82, 2.24) is 14.8 Å². The van der Waals surface area contributed by atoms with Gasteiger partial charge in [-0.2, -0.15) is 0 Å². The van der Waals surface area contributed by atoms with Crippen LogP contribution in [0, 0.1) is 5.82 Å². The molecule has 0 N–H and O–H groups in total. The molecule has 7 heteroatoms. The molecule has 1 aliphatic carbocycles. The molecule has 5 nitrogen and oxygen atoms in total. The number of thioether (sulfide) groups is 1. The first-order valence-corrected chi connectivity index (χ1v) is 9.90. The number of halogens is 1. The molecule has 0 radical (unpaired) electrons. The maximum atomic E-state index is 13.9. The van der Waals surface area contributed by atoms with E-state index in [1.165, 1.54) is 45.3 Å². The highest BCUT2D eigenvalue weighted by atomic mass is 32.2. The molecule has 0 atom stereocenters. The highest BCUT2D eigenvalue weighted by Crippen LogP contribution is 2.41. The molecule has 4 rings (SSSR count). The van der Waals surface area contributed by atoms with Crippen LogP contribution in [0.4, 0.5) is 10.3 Å². The number of piperidine rings is 1. The van der Waals surface area contributed by atoms with Gasteiger partial charge in [0.2, 0.25) is 5.95 Å². The predicted molar refractivity (Wildman–Crippen MR) is 96.9 cm³/mol. The zero-order valence-electron chi connectivity index (χ0n) is 14.4. The van der Waals surface area contributed by atoms with Crippen LogP contribution in [0.1, 0.15) is 43.7 Å². The standard InChI is InChI=1S/C18H23FN4OS/c1-24-16-8-5-13(11-15(16)19)12-25-18-21-20-17(23(18)14-6-7-14)22-9-3-2-4-10-22/h5,8,11,14H,2-4,6-7,9-10,12H2,1H3. The molecule has 2 fully saturated rings. The van der Waals surface area contributed by atoms with Gasteiger partial charge in [0.25, 0.3) is 0 Å². The Morgan fingerprint density at radius 2 is 2.00 bits per heavy atom. The molecule has 1 aliphatic heterocycles. The molecule has 1 aromatic carbocycles. The van der Waals surface area contributed by atoms with E-state index in [1.807, 2.05) is 6.07 Å². The van der Waals surface area contributed by atoms with Gasteiger partial charge in [-0.1, -0.05) is 17.8 Å². The molecular weight excluding hydrogens is 339 g/mol. The first kappa shape index (κ1) is 16.7. The Hall–Kier alpha value is -1.76. The first-order chi connectivity index (χ1) is 12.3. The van der Waals surface area contributed by atoms with Gasteiger partial charge in [-0.05, 0) is 49.8 Å². The summed E-state index contributed by atoms with van der Waals surface area (Å²) in [5.41, 5.74) is 0.924.